The molecule has 9 N–H and O–H groups in total. The summed E-state index contributed by atoms with van der Waals surface area (Å²) in [6.07, 6.45) is -14.5. The Morgan fingerprint density at radius 3 is 2.15 bits per heavy atom. The fourth-order valence-electron chi connectivity index (χ4n) is 4.94. The molecule has 2 aliphatic heterocycles. The van der Waals surface area contributed by atoms with Crippen molar-refractivity contribution in [1.82, 2.24) is 0 Å². The van der Waals surface area contributed by atoms with Gasteiger partial charge in [-0.15, -0.1) is 0 Å². The maximum absolute atomic E-state index is 13.2. The lowest BCUT2D eigenvalue weighted by Crippen LogP contribution is -2.61. The summed E-state index contributed by atoms with van der Waals surface area (Å²) in [7, 11) is 0. The van der Waals surface area contributed by atoms with Gasteiger partial charge in [-0.1, -0.05) is 0 Å². The molecule has 41 heavy (non-hydrogen) atoms. The molecule has 2 saturated heterocycles. The van der Waals surface area contributed by atoms with Gasteiger partial charge < -0.3 is 64.9 Å². The standard InChI is InChI=1S/C26H28O15/c1-7-12(4-9-15(16(7)29)17(30)8-2-3-10(27)19(32)14(8)18(9)31)40-26-24(37)22(35)21(34)13(41-26)6-39-25-23(36)20(33)11(28)5-38-25/h2-4,11,13,20-29,32-37H,5-6H2,1H3/t11-,13-,20+,21-,22+,23-,24-,25+,26-/m1/s1. The highest BCUT2D eigenvalue weighted by Gasteiger charge is 2.47. The van der Waals surface area contributed by atoms with E-state index < -0.39 is 96.3 Å². The van der Waals surface area contributed by atoms with Crippen LogP contribution in [0, 0.1) is 6.92 Å². The van der Waals surface area contributed by atoms with Crippen molar-refractivity contribution in [3.63, 3.8) is 0 Å². The Kier molecular flexibility index (Phi) is 7.66. The predicted octanol–water partition coefficient (Wildman–Crippen LogP) is -2.47. The van der Waals surface area contributed by atoms with Crippen LogP contribution in [0.1, 0.15) is 37.4 Å². The van der Waals surface area contributed by atoms with Crippen molar-refractivity contribution in [1.29, 1.82) is 0 Å². The molecule has 15 heteroatoms. The Balaban J connectivity index is 1.39. The van der Waals surface area contributed by atoms with Gasteiger partial charge in [0, 0.05) is 16.7 Å². The molecule has 2 heterocycles. The molecule has 2 aromatic carbocycles. The first-order chi connectivity index (χ1) is 19.3. The van der Waals surface area contributed by atoms with Crippen LogP contribution in [0.3, 0.4) is 0 Å². The maximum atomic E-state index is 13.2. The molecule has 5 rings (SSSR count). The van der Waals surface area contributed by atoms with E-state index in [4.69, 9.17) is 18.9 Å². The zero-order valence-corrected chi connectivity index (χ0v) is 21.3. The smallest absolute Gasteiger partial charge is 0.229 e. The third kappa shape index (κ3) is 4.80. The number of benzene rings is 2. The molecule has 0 aromatic heterocycles. The zero-order chi connectivity index (χ0) is 29.9. The van der Waals surface area contributed by atoms with Crippen molar-refractivity contribution >= 4 is 11.6 Å². The summed E-state index contributed by atoms with van der Waals surface area (Å²) in [4.78, 5) is 26.3. The fraction of sp³-hybridized carbons (Fsp3) is 0.462. The van der Waals surface area contributed by atoms with Gasteiger partial charge in [0.15, 0.2) is 29.4 Å². The van der Waals surface area contributed by atoms with Gasteiger partial charge in [0.2, 0.25) is 6.29 Å². The van der Waals surface area contributed by atoms with Crippen molar-refractivity contribution in [3.05, 3.63) is 46.0 Å². The van der Waals surface area contributed by atoms with Gasteiger partial charge in [-0.05, 0) is 25.1 Å². The number of aliphatic hydroxyl groups is 6. The van der Waals surface area contributed by atoms with Crippen LogP contribution < -0.4 is 4.74 Å². The van der Waals surface area contributed by atoms with E-state index in [1.165, 1.54) is 6.92 Å². The maximum Gasteiger partial charge on any atom is 0.229 e. The first-order valence-corrected chi connectivity index (χ1v) is 12.5. The molecular formula is C26H28O15. The number of hydrogen-bond acceptors (Lipinski definition) is 15. The minimum atomic E-state index is -1.86. The van der Waals surface area contributed by atoms with Crippen LogP contribution in [-0.4, -0.2) is 126 Å². The second kappa shape index (κ2) is 10.8. The highest BCUT2D eigenvalue weighted by Crippen LogP contribution is 2.44. The van der Waals surface area contributed by atoms with E-state index in [-0.39, 0.29) is 34.6 Å². The molecule has 1 aliphatic carbocycles. The summed E-state index contributed by atoms with van der Waals surface area (Å²) in [5, 5.41) is 91.7. The predicted molar refractivity (Wildman–Crippen MR) is 131 cm³/mol. The summed E-state index contributed by atoms with van der Waals surface area (Å²) in [6.45, 7) is 0.444. The summed E-state index contributed by atoms with van der Waals surface area (Å²) < 4.78 is 21.7. The Morgan fingerprint density at radius 2 is 1.44 bits per heavy atom. The molecule has 0 saturated carbocycles. The number of aliphatic hydroxyl groups excluding tert-OH is 6. The summed E-state index contributed by atoms with van der Waals surface area (Å²) in [6, 6.07) is 3.23. The van der Waals surface area contributed by atoms with Crippen molar-refractivity contribution < 1.29 is 74.5 Å². The second-order valence-electron chi connectivity index (χ2n) is 10.0. The first kappa shape index (κ1) is 29.1. The van der Waals surface area contributed by atoms with Gasteiger partial charge in [-0.25, -0.2) is 0 Å². The number of phenolic OH excluding ortho intramolecular Hbond substituents is 3. The number of carbonyl (C=O) groups is 2. The molecule has 0 unspecified atom stereocenters. The van der Waals surface area contributed by atoms with Gasteiger partial charge in [-0.3, -0.25) is 9.59 Å². The van der Waals surface area contributed by atoms with Crippen LogP contribution in [-0.2, 0) is 14.2 Å². The summed E-state index contributed by atoms with van der Waals surface area (Å²) in [5.41, 5.74) is -1.52. The largest absolute Gasteiger partial charge is 0.507 e. The lowest BCUT2D eigenvalue weighted by atomic mass is 9.82. The molecule has 0 radical (unpaired) electrons. The quantitative estimate of drug-likeness (QED) is 0.142. The van der Waals surface area contributed by atoms with Gasteiger partial charge in [0.05, 0.1) is 24.3 Å². The summed E-state index contributed by atoms with van der Waals surface area (Å²) in [5.74, 6) is -4.07. The molecule has 15 nitrogen and oxygen atoms in total. The number of fused-ring (bicyclic) bond motifs is 2. The number of ether oxygens (including phenoxy) is 4. The number of carbonyl (C=O) groups excluding carboxylic acids is 2. The highest BCUT2D eigenvalue weighted by molar-refractivity contribution is 6.30. The second-order valence-corrected chi connectivity index (χ2v) is 10.0. The van der Waals surface area contributed by atoms with Crippen LogP contribution >= 0.6 is 0 Å². The van der Waals surface area contributed by atoms with E-state index >= 15 is 0 Å². The Hall–Kier alpha value is -3.38. The Labute approximate surface area is 231 Å². The van der Waals surface area contributed by atoms with E-state index in [0.717, 1.165) is 18.2 Å². The number of ketones is 2. The number of aromatic hydroxyl groups is 3. The number of rotatable bonds is 5. The molecule has 9 atom stereocenters. The Bertz CT molecular complexity index is 1380. The van der Waals surface area contributed by atoms with Gasteiger partial charge in [0.1, 0.15) is 54.2 Å². The lowest BCUT2D eigenvalue weighted by Gasteiger charge is -2.41. The van der Waals surface area contributed by atoms with E-state index in [0.29, 0.717) is 0 Å². The summed E-state index contributed by atoms with van der Waals surface area (Å²) >= 11 is 0. The van der Waals surface area contributed by atoms with E-state index in [1.54, 1.807) is 0 Å². The zero-order valence-electron chi connectivity index (χ0n) is 21.3. The molecule has 222 valence electrons. The van der Waals surface area contributed by atoms with Crippen LogP contribution in [0.4, 0.5) is 0 Å². The third-order valence-electron chi connectivity index (χ3n) is 7.40. The van der Waals surface area contributed by atoms with Crippen LogP contribution in [0.2, 0.25) is 0 Å². The van der Waals surface area contributed by atoms with Crippen LogP contribution in [0.15, 0.2) is 18.2 Å². The van der Waals surface area contributed by atoms with Crippen molar-refractivity contribution in [3.8, 4) is 23.0 Å². The minimum absolute atomic E-state index is 0.0492. The van der Waals surface area contributed by atoms with Gasteiger partial charge in [0.25, 0.3) is 0 Å². The molecule has 0 amide bonds. The van der Waals surface area contributed by atoms with Crippen molar-refractivity contribution in [2.24, 2.45) is 0 Å². The average molecular weight is 580 g/mol. The molecule has 0 spiro atoms. The normalized spacial score (nSPS) is 33.3. The van der Waals surface area contributed by atoms with Crippen molar-refractivity contribution in [2.75, 3.05) is 13.2 Å². The molecule has 2 fully saturated rings. The molecular weight excluding hydrogens is 552 g/mol. The minimum Gasteiger partial charge on any atom is -0.507 e. The lowest BCUT2D eigenvalue weighted by molar-refractivity contribution is -0.307. The van der Waals surface area contributed by atoms with E-state index in [1.807, 2.05) is 0 Å². The van der Waals surface area contributed by atoms with Crippen molar-refractivity contribution in [2.45, 2.75) is 62.2 Å². The number of phenols is 3. The molecule has 3 aliphatic rings. The fourth-order valence-corrected chi connectivity index (χ4v) is 4.94. The Morgan fingerprint density at radius 1 is 0.805 bits per heavy atom. The highest BCUT2D eigenvalue weighted by atomic mass is 16.7. The third-order valence-corrected chi connectivity index (χ3v) is 7.40. The number of hydrogen-bond donors (Lipinski definition) is 9. The van der Waals surface area contributed by atoms with E-state index in [9.17, 15) is 55.5 Å². The van der Waals surface area contributed by atoms with Crippen LogP contribution in [0.25, 0.3) is 0 Å². The average Bonchev–Trinajstić information content (AvgIpc) is 2.94. The molecule has 2 aromatic rings. The van der Waals surface area contributed by atoms with E-state index in [2.05, 4.69) is 0 Å². The topological polar surface area (TPSA) is 253 Å². The van der Waals surface area contributed by atoms with Crippen LogP contribution in [0.5, 0.6) is 23.0 Å². The van der Waals surface area contributed by atoms with Gasteiger partial charge in [-0.2, -0.15) is 0 Å². The van der Waals surface area contributed by atoms with Gasteiger partial charge >= 0.3 is 0 Å². The SMILES string of the molecule is Cc1c(O[C@@H]2O[C@H](CO[C@@H]3OC[C@@H](O)[C@H](O)[C@H]3O)[C@@H](O)[C@H](O)[C@H]2O)cc2c(c1O)C(=O)c1ccc(O)c(O)c1C2=O. The molecule has 0 bridgehead atoms. The monoisotopic (exact) mass is 580 g/mol. The first-order valence-electron chi connectivity index (χ1n) is 12.5.